The fourth-order valence-electron chi connectivity index (χ4n) is 2.80. The number of rotatable bonds is 2. The monoisotopic (exact) mass is 311 g/mol. The predicted molar refractivity (Wildman–Crippen MR) is 85.8 cm³/mol. The summed E-state index contributed by atoms with van der Waals surface area (Å²) in [6, 6.07) is 6.74. The number of halogens is 2. The van der Waals surface area contributed by atoms with Gasteiger partial charge in [-0.3, -0.25) is 0 Å². The third-order valence-corrected chi connectivity index (χ3v) is 4.42. The highest BCUT2D eigenvalue weighted by Gasteiger charge is 2.27. The normalized spacial score (nSPS) is 26.5. The van der Waals surface area contributed by atoms with Gasteiger partial charge in [-0.25, -0.2) is 0 Å². The molecule has 0 aliphatic heterocycles. The van der Waals surface area contributed by atoms with Gasteiger partial charge in [-0.1, -0.05) is 53.5 Å². The number of nitrogens with one attached hydrogen (secondary N) is 1. The number of hydrogen-bond donors (Lipinski definition) is 1. The zero-order valence-corrected chi connectivity index (χ0v) is 12.1. The Morgan fingerprint density at radius 3 is 2.75 bits per heavy atom. The average molecular weight is 312 g/mol. The highest BCUT2D eigenvalue weighted by Crippen LogP contribution is 2.42. The summed E-state index contributed by atoms with van der Waals surface area (Å²) in [7, 11) is 0. The third-order valence-electron chi connectivity index (χ3n) is 3.76. The molecule has 104 valence electrons. The molecule has 0 amide bonds. The molecular formula is C17H17Cl2N. The SMILES string of the molecule is [2H]c1c([2H])c([C@H]2CC[C@H](NC([2H])([2H])[2H])c3ccccc32)c([2H])c(Cl)c1Cl. The van der Waals surface area contributed by atoms with Gasteiger partial charge in [0.1, 0.15) is 0 Å². The summed E-state index contributed by atoms with van der Waals surface area (Å²) < 4.78 is 47.1. The van der Waals surface area contributed by atoms with Crippen molar-refractivity contribution in [1.82, 2.24) is 5.32 Å². The lowest BCUT2D eigenvalue weighted by Crippen LogP contribution is -2.24. The molecule has 0 saturated heterocycles. The van der Waals surface area contributed by atoms with Gasteiger partial charge in [0.25, 0.3) is 0 Å². The fourth-order valence-corrected chi connectivity index (χ4v) is 3.04. The van der Waals surface area contributed by atoms with E-state index in [9.17, 15) is 0 Å². The maximum atomic E-state index is 8.32. The molecule has 3 heteroatoms. The maximum absolute atomic E-state index is 8.32. The zero-order chi connectivity index (χ0) is 19.2. The van der Waals surface area contributed by atoms with E-state index in [0.717, 1.165) is 11.1 Å². The topological polar surface area (TPSA) is 12.0 Å². The van der Waals surface area contributed by atoms with Crippen LogP contribution in [-0.4, -0.2) is 6.98 Å². The molecule has 0 unspecified atom stereocenters. The van der Waals surface area contributed by atoms with Gasteiger partial charge in [-0.15, -0.1) is 0 Å². The Morgan fingerprint density at radius 1 is 1.15 bits per heavy atom. The van der Waals surface area contributed by atoms with E-state index in [1.165, 1.54) is 0 Å². The second-order valence-electron chi connectivity index (χ2n) is 4.87. The largest absolute Gasteiger partial charge is 0.313 e. The van der Waals surface area contributed by atoms with Crippen molar-refractivity contribution in [3.05, 3.63) is 69.1 Å². The molecule has 1 aliphatic carbocycles. The lowest BCUT2D eigenvalue weighted by Gasteiger charge is -2.32. The van der Waals surface area contributed by atoms with E-state index in [-0.39, 0.29) is 40.1 Å². The molecule has 2 aromatic carbocycles. The standard InChI is InChI=1S/C17H17Cl2N/c1-20-17-9-7-12(13-4-2-3-5-14(13)17)11-6-8-15(18)16(19)10-11/h2-6,8,10,12,17,20H,7,9H2,1H3/t12-,17+/m1/s1/i1D3,6D,8D,10D. The first kappa shape index (κ1) is 8.43. The third kappa shape index (κ3) is 2.46. The Balaban J connectivity index is 2.13. The van der Waals surface area contributed by atoms with Crippen molar-refractivity contribution in [1.29, 1.82) is 0 Å². The van der Waals surface area contributed by atoms with E-state index >= 15 is 0 Å². The summed E-state index contributed by atoms with van der Waals surface area (Å²) in [6.07, 6.45) is 1.08. The molecule has 2 aromatic rings. The molecule has 0 radical (unpaired) electrons. The molecule has 0 saturated carbocycles. The lowest BCUT2D eigenvalue weighted by molar-refractivity contribution is 0.471. The minimum Gasteiger partial charge on any atom is -0.313 e. The molecule has 2 atom stereocenters. The number of hydrogen-bond acceptors (Lipinski definition) is 1. The van der Waals surface area contributed by atoms with Crippen molar-refractivity contribution >= 4 is 23.2 Å². The quantitative estimate of drug-likeness (QED) is 0.805. The fraction of sp³-hybridized carbons (Fsp3) is 0.294. The van der Waals surface area contributed by atoms with Crippen LogP contribution in [0.4, 0.5) is 0 Å². The van der Waals surface area contributed by atoms with Gasteiger partial charge in [0.2, 0.25) is 0 Å². The zero-order valence-electron chi connectivity index (χ0n) is 16.6. The van der Waals surface area contributed by atoms with E-state index in [0.29, 0.717) is 18.4 Å². The molecule has 1 nitrogen and oxygen atoms in total. The van der Waals surface area contributed by atoms with E-state index in [1.807, 2.05) is 24.3 Å². The molecule has 0 fully saturated rings. The van der Waals surface area contributed by atoms with Crippen molar-refractivity contribution in [3.8, 4) is 0 Å². The van der Waals surface area contributed by atoms with E-state index in [2.05, 4.69) is 5.32 Å². The lowest BCUT2D eigenvalue weighted by atomic mass is 9.77. The van der Waals surface area contributed by atoms with Gasteiger partial charge in [-0.05, 0) is 48.6 Å². The summed E-state index contributed by atoms with van der Waals surface area (Å²) in [5, 5.41) is 2.56. The van der Waals surface area contributed by atoms with Crippen molar-refractivity contribution in [3.63, 3.8) is 0 Å². The van der Waals surface area contributed by atoms with Crippen molar-refractivity contribution in [2.24, 2.45) is 0 Å². The van der Waals surface area contributed by atoms with Crippen LogP contribution in [0.2, 0.25) is 10.0 Å². The van der Waals surface area contributed by atoms with Crippen LogP contribution >= 0.6 is 23.2 Å². The summed E-state index contributed by atoms with van der Waals surface area (Å²) in [4.78, 5) is 0. The molecule has 1 N–H and O–H groups in total. The van der Waals surface area contributed by atoms with Crippen LogP contribution < -0.4 is 5.32 Å². The van der Waals surface area contributed by atoms with Crippen LogP contribution in [-0.2, 0) is 0 Å². The van der Waals surface area contributed by atoms with Gasteiger partial charge in [0, 0.05) is 16.1 Å². The molecule has 0 heterocycles. The highest BCUT2D eigenvalue weighted by atomic mass is 35.5. The Labute approximate surface area is 138 Å². The molecule has 0 aromatic heterocycles. The van der Waals surface area contributed by atoms with Gasteiger partial charge in [0.05, 0.1) is 14.2 Å². The van der Waals surface area contributed by atoms with E-state index < -0.39 is 6.98 Å². The van der Waals surface area contributed by atoms with E-state index in [4.69, 9.17) is 31.4 Å². The smallest absolute Gasteiger partial charge is 0.0642 e. The van der Waals surface area contributed by atoms with Crippen molar-refractivity contribution in [2.45, 2.75) is 24.8 Å². The Morgan fingerprint density at radius 2 is 1.95 bits per heavy atom. The molecule has 0 spiro atoms. The van der Waals surface area contributed by atoms with E-state index in [1.54, 1.807) is 0 Å². The average Bonchev–Trinajstić information content (AvgIpc) is 2.59. The van der Waals surface area contributed by atoms with Crippen molar-refractivity contribution < 1.29 is 8.22 Å². The highest BCUT2D eigenvalue weighted by molar-refractivity contribution is 6.42. The minimum absolute atomic E-state index is 0.0251. The number of benzene rings is 2. The molecular weight excluding hydrogens is 289 g/mol. The van der Waals surface area contributed by atoms with Crippen LogP contribution in [0.25, 0.3) is 0 Å². The summed E-state index contributed by atoms with van der Waals surface area (Å²) >= 11 is 12.1. The first-order chi connectivity index (χ1) is 12.1. The van der Waals surface area contributed by atoms with Crippen LogP contribution in [0.1, 0.15) is 49.7 Å². The van der Waals surface area contributed by atoms with Crippen LogP contribution in [0.3, 0.4) is 0 Å². The summed E-state index contributed by atoms with van der Waals surface area (Å²) in [6.45, 7) is -2.26. The molecule has 20 heavy (non-hydrogen) atoms. The van der Waals surface area contributed by atoms with Crippen LogP contribution in [0.5, 0.6) is 0 Å². The van der Waals surface area contributed by atoms with Crippen LogP contribution in [0, 0.1) is 0 Å². The maximum Gasteiger partial charge on any atom is 0.0642 e. The predicted octanol–water partition coefficient (Wildman–Crippen LogP) is 5.18. The Hall–Kier alpha value is -1.02. The second kappa shape index (κ2) is 5.77. The minimum atomic E-state index is -2.26. The van der Waals surface area contributed by atoms with Gasteiger partial charge >= 0.3 is 0 Å². The molecule has 0 bridgehead atoms. The van der Waals surface area contributed by atoms with Gasteiger partial charge in [0.15, 0.2) is 0 Å². The first-order valence-electron chi connectivity index (χ1n) is 9.43. The van der Waals surface area contributed by atoms with Crippen molar-refractivity contribution in [2.75, 3.05) is 6.98 Å². The first-order valence-corrected chi connectivity index (χ1v) is 7.18. The number of fused-ring (bicyclic) bond motifs is 1. The Kier molecular flexibility index (Phi) is 2.43. The second-order valence-corrected chi connectivity index (χ2v) is 5.63. The van der Waals surface area contributed by atoms with Gasteiger partial charge < -0.3 is 5.32 Å². The summed E-state index contributed by atoms with van der Waals surface area (Å²) in [5.74, 6) is -0.306. The summed E-state index contributed by atoms with van der Waals surface area (Å²) in [5.41, 5.74) is 2.04. The van der Waals surface area contributed by atoms with Gasteiger partial charge in [-0.2, -0.15) is 0 Å². The Bertz CT molecular complexity index is 823. The molecule has 1 aliphatic rings. The van der Waals surface area contributed by atoms with Crippen LogP contribution in [0.15, 0.2) is 42.4 Å². The molecule has 3 rings (SSSR count).